The third-order valence-electron chi connectivity index (χ3n) is 6.95. The van der Waals surface area contributed by atoms with Gasteiger partial charge in [0.15, 0.2) is 0 Å². The second kappa shape index (κ2) is 6.00. The maximum atomic E-state index is 10.9. The second-order valence-electron chi connectivity index (χ2n) is 8.03. The van der Waals surface area contributed by atoms with Crippen LogP contribution in [0.3, 0.4) is 0 Å². The molecule has 120 valence electrons. The lowest BCUT2D eigenvalue weighted by Crippen LogP contribution is -2.47. The van der Waals surface area contributed by atoms with Crippen LogP contribution in [-0.4, -0.2) is 11.2 Å². The van der Waals surface area contributed by atoms with Gasteiger partial charge in [0.1, 0.15) is 0 Å². The first-order valence-corrected chi connectivity index (χ1v) is 9.56. The van der Waals surface area contributed by atoms with Gasteiger partial charge in [0, 0.05) is 0 Å². The van der Waals surface area contributed by atoms with E-state index in [2.05, 4.69) is 31.2 Å². The molecule has 0 aliphatic heterocycles. The molecule has 1 N–H and O–H groups in total. The van der Waals surface area contributed by atoms with Crippen molar-refractivity contribution in [2.45, 2.75) is 64.4 Å². The van der Waals surface area contributed by atoms with E-state index in [0.29, 0.717) is 11.8 Å². The van der Waals surface area contributed by atoms with E-state index >= 15 is 0 Å². The van der Waals surface area contributed by atoms with E-state index in [1.807, 2.05) is 0 Å². The molecule has 2 fully saturated rings. The van der Waals surface area contributed by atoms with Gasteiger partial charge in [-0.15, -0.1) is 0 Å². The van der Waals surface area contributed by atoms with Crippen molar-refractivity contribution in [1.82, 2.24) is 0 Å². The number of aliphatic hydroxyl groups is 1. The molecule has 0 aromatic carbocycles. The average Bonchev–Trinajstić information content (AvgIpc) is 3.02. The van der Waals surface area contributed by atoms with Crippen molar-refractivity contribution < 1.29 is 5.11 Å². The largest absolute Gasteiger partial charge is 0.393 e. The molecule has 4 aliphatic rings. The monoisotopic (exact) mass is 298 g/mol. The highest BCUT2D eigenvalue weighted by atomic mass is 16.3. The summed E-state index contributed by atoms with van der Waals surface area (Å²) < 4.78 is 0. The molecule has 1 nitrogen and oxygen atoms in total. The van der Waals surface area contributed by atoms with Crippen LogP contribution >= 0.6 is 0 Å². The van der Waals surface area contributed by atoms with E-state index in [-0.39, 0.29) is 6.10 Å². The van der Waals surface area contributed by atoms with Gasteiger partial charge in [0.05, 0.1) is 6.10 Å². The van der Waals surface area contributed by atoms with Crippen LogP contribution in [0.25, 0.3) is 0 Å². The third kappa shape index (κ3) is 2.33. The van der Waals surface area contributed by atoms with Crippen LogP contribution in [0.15, 0.2) is 35.5 Å². The SMILES string of the molecule is CCCC(O)C1CC2CCCCC2C2CC=C3C=CC=C3C12. The van der Waals surface area contributed by atoms with Crippen LogP contribution in [0.1, 0.15) is 58.3 Å². The predicted octanol–water partition coefficient (Wildman–Crippen LogP) is 5.03. The van der Waals surface area contributed by atoms with Crippen LogP contribution in [0.2, 0.25) is 0 Å². The molecular formula is C21H30O. The zero-order valence-corrected chi connectivity index (χ0v) is 13.9. The highest BCUT2D eigenvalue weighted by Gasteiger charge is 2.49. The van der Waals surface area contributed by atoms with E-state index < -0.39 is 0 Å². The molecule has 0 spiro atoms. The van der Waals surface area contributed by atoms with Crippen LogP contribution in [0, 0.1) is 29.6 Å². The van der Waals surface area contributed by atoms with Gasteiger partial charge in [-0.1, -0.05) is 56.9 Å². The lowest BCUT2D eigenvalue weighted by atomic mass is 9.52. The minimum atomic E-state index is -0.0961. The quantitative estimate of drug-likeness (QED) is 0.774. The second-order valence-corrected chi connectivity index (χ2v) is 8.03. The molecule has 0 heterocycles. The smallest absolute Gasteiger partial charge is 0.0574 e. The summed E-state index contributed by atoms with van der Waals surface area (Å²) in [4.78, 5) is 0. The Labute approximate surface area is 135 Å². The summed E-state index contributed by atoms with van der Waals surface area (Å²) in [6, 6.07) is 0. The standard InChI is InChI=1S/C21H30O/c1-2-6-20(22)19-13-15-7-3-4-9-16(15)18-12-11-14-8-5-10-17(14)21(18)19/h5,8,10-11,15-16,18-22H,2-4,6-7,9,12-13H2,1H3. The lowest BCUT2D eigenvalue weighted by molar-refractivity contribution is -0.0358. The molecule has 6 unspecified atom stereocenters. The Morgan fingerprint density at radius 3 is 2.95 bits per heavy atom. The summed E-state index contributed by atoms with van der Waals surface area (Å²) in [7, 11) is 0. The van der Waals surface area contributed by atoms with E-state index in [0.717, 1.165) is 30.6 Å². The van der Waals surface area contributed by atoms with Crippen molar-refractivity contribution >= 4 is 0 Å². The van der Waals surface area contributed by atoms with E-state index in [1.54, 1.807) is 5.57 Å². The third-order valence-corrected chi connectivity index (χ3v) is 6.95. The minimum absolute atomic E-state index is 0.0961. The fourth-order valence-corrected chi connectivity index (χ4v) is 6.06. The Bertz CT molecular complexity index is 512. The molecule has 4 rings (SSSR count). The van der Waals surface area contributed by atoms with Gasteiger partial charge in [0.25, 0.3) is 0 Å². The number of rotatable bonds is 3. The van der Waals surface area contributed by atoms with Crippen molar-refractivity contribution in [2.24, 2.45) is 29.6 Å². The molecule has 22 heavy (non-hydrogen) atoms. The average molecular weight is 298 g/mol. The van der Waals surface area contributed by atoms with Gasteiger partial charge >= 0.3 is 0 Å². The molecule has 0 radical (unpaired) electrons. The van der Waals surface area contributed by atoms with Gasteiger partial charge < -0.3 is 5.11 Å². The molecule has 0 bridgehead atoms. The highest BCUT2D eigenvalue weighted by molar-refractivity contribution is 5.52. The summed E-state index contributed by atoms with van der Waals surface area (Å²) in [6.07, 6.45) is 19.5. The Hall–Kier alpha value is -0.820. The van der Waals surface area contributed by atoms with Crippen molar-refractivity contribution in [3.63, 3.8) is 0 Å². The maximum Gasteiger partial charge on any atom is 0.0574 e. The van der Waals surface area contributed by atoms with E-state index in [9.17, 15) is 5.11 Å². The zero-order chi connectivity index (χ0) is 15.1. The maximum absolute atomic E-state index is 10.9. The number of allylic oxidation sites excluding steroid dienone is 6. The Morgan fingerprint density at radius 2 is 2.09 bits per heavy atom. The molecule has 4 aliphatic carbocycles. The van der Waals surface area contributed by atoms with Crippen molar-refractivity contribution in [3.05, 3.63) is 35.5 Å². The first kappa shape index (κ1) is 14.8. The summed E-state index contributed by atoms with van der Waals surface area (Å²) in [5.41, 5.74) is 3.02. The Balaban J connectivity index is 1.68. The predicted molar refractivity (Wildman–Crippen MR) is 91.4 cm³/mol. The topological polar surface area (TPSA) is 20.2 Å². The van der Waals surface area contributed by atoms with Gasteiger partial charge in [-0.05, 0) is 66.4 Å². The van der Waals surface area contributed by atoms with Crippen molar-refractivity contribution in [1.29, 1.82) is 0 Å². The molecular weight excluding hydrogens is 268 g/mol. The molecule has 0 aromatic heterocycles. The first-order valence-electron chi connectivity index (χ1n) is 9.56. The van der Waals surface area contributed by atoms with E-state index in [1.165, 1.54) is 44.1 Å². The molecule has 1 heteroatoms. The van der Waals surface area contributed by atoms with Crippen molar-refractivity contribution in [2.75, 3.05) is 0 Å². The molecule has 6 atom stereocenters. The van der Waals surface area contributed by atoms with Crippen LogP contribution in [0.5, 0.6) is 0 Å². The van der Waals surface area contributed by atoms with Gasteiger partial charge in [-0.2, -0.15) is 0 Å². The van der Waals surface area contributed by atoms with Gasteiger partial charge in [-0.3, -0.25) is 0 Å². The summed E-state index contributed by atoms with van der Waals surface area (Å²) in [5.74, 6) is 3.72. The Morgan fingerprint density at radius 1 is 1.23 bits per heavy atom. The summed E-state index contributed by atoms with van der Waals surface area (Å²) >= 11 is 0. The minimum Gasteiger partial charge on any atom is -0.393 e. The van der Waals surface area contributed by atoms with Crippen LogP contribution in [0.4, 0.5) is 0 Å². The number of hydrogen-bond acceptors (Lipinski definition) is 1. The van der Waals surface area contributed by atoms with Gasteiger partial charge in [-0.25, -0.2) is 0 Å². The zero-order valence-electron chi connectivity index (χ0n) is 13.9. The Kier molecular flexibility index (Phi) is 4.02. The number of aliphatic hydroxyl groups excluding tert-OH is 1. The normalized spacial score (nSPS) is 41.1. The summed E-state index contributed by atoms with van der Waals surface area (Å²) in [5, 5.41) is 10.9. The first-order chi connectivity index (χ1) is 10.8. The fourth-order valence-electron chi connectivity index (χ4n) is 6.06. The number of fused-ring (bicyclic) bond motifs is 5. The van der Waals surface area contributed by atoms with Crippen molar-refractivity contribution in [3.8, 4) is 0 Å². The fraction of sp³-hybridized carbons (Fsp3) is 0.714. The molecule has 0 amide bonds. The van der Waals surface area contributed by atoms with Crippen LogP contribution in [-0.2, 0) is 0 Å². The summed E-state index contributed by atoms with van der Waals surface area (Å²) in [6.45, 7) is 2.20. The lowest BCUT2D eigenvalue weighted by Gasteiger charge is -2.52. The molecule has 2 saturated carbocycles. The number of hydrogen-bond donors (Lipinski definition) is 1. The van der Waals surface area contributed by atoms with Gasteiger partial charge in [0.2, 0.25) is 0 Å². The molecule has 0 aromatic rings. The van der Waals surface area contributed by atoms with E-state index in [4.69, 9.17) is 0 Å². The highest BCUT2D eigenvalue weighted by Crippen LogP contribution is 2.56. The molecule has 0 saturated heterocycles. The van der Waals surface area contributed by atoms with Crippen LogP contribution < -0.4 is 0 Å².